The normalized spacial score (nSPS) is 31.7. The van der Waals surface area contributed by atoms with Gasteiger partial charge in [-0.1, -0.05) is 24.3 Å². The lowest BCUT2D eigenvalue weighted by Crippen LogP contribution is -1.89. The van der Waals surface area contributed by atoms with Crippen LogP contribution in [0.4, 0.5) is 0 Å². The van der Waals surface area contributed by atoms with Gasteiger partial charge in [0.2, 0.25) is 0 Å². The van der Waals surface area contributed by atoms with Gasteiger partial charge < -0.3 is 4.74 Å². The van der Waals surface area contributed by atoms with Crippen molar-refractivity contribution in [3.63, 3.8) is 0 Å². The second-order valence-electron chi connectivity index (χ2n) is 3.69. The van der Waals surface area contributed by atoms with Crippen LogP contribution in [0.2, 0.25) is 0 Å². The molecule has 1 aromatic carbocycles. The highest BCUT2D eigenvalue weighted by atomic mass is 16.6. The molecule has 2 atom stereocenters. The van der Waals surface area contributed by atoms with Crippen molar-refractivity contribution in [1.29, 1.82) is 0 Å². The van der Waals surface area contributed by atoms with E-state index in [0.29, 0.717) is 12.2 Å². The summed E-state index contributed by atoms with van der Waals surface area (Å²) in [5, 5.41) is 0. The minimum atomic E-state index is 0.448. The first-order chi connectivity index (χ1) is 5.95. The second-order valence-corrected chi connectivity index (χ2v) is 3.69. The maximum absolute atomic E-state index is 5.58. The first-order valence-corrected chi connectivity index (χ1v) is 4.68. The first kappa shape index (κ1) is 6.67. The third-order valence-corrected chi connectivity index (χ3v) is 2.88. The van der Waals surface area contributed by atoms with Gasteiger partial charge in [0.1, 0.15) is 6.10 Å². The summed E-state index contributed by atoms with van der Waals surface area (Å²) in [4.78, 5) is 0. The topological polar surface area (TPSA) is 12.5 Å². The Morgan fingerprint density at radius 1 is 1.25 bits per heavy atom. The molecule has 1 nitrogen and oxygen atoms in total. The number of rotatable bonds is 0. The molecule has 2 aliphatic rings. The third kappa shape index (κ3) is 0.896. The van der Waals surface area contributed by atoms with Crippen LogP contribution in [0, 0.1) is 0 Å². The van der Waals surface area contributed by atoms with Crippen molar-refractivity contribution in [1.82, 2.24) is 0 Å². The maximum Gasteiger partial charge on any atom is 0.109 e. The van der Waals surface area contributed by atoms with E-state index in [1.54, 1.807) is 0 Å². The minimum Gasteiger partial charge on any atom is -0.364 e. The SMILES string of the molecule is c1ccc2c(c1)CCC[C@H]1O[C@H]21. The molecule has 62 valence electrons. The standard InChI is InChI=1S/C11H12O/c1-2-6-9-8(4-1)5-3-7-10-11(9)12-10/h1-2,4,6,10-11H,3,5,7H2/t10-,11-/m1/s1. The summed E-state index contributed by atoms with van der Waals surface area (Å²) in [6, 6.07) is 8.69. The predicted molar refractivity (Wildman–Crippen MR) is 47.0 cm³/mol. The largest absolute Gasteiger partial charge is 0.364 e. The lowest BCUT2D eigenvalue weighted by atomic mass is 10.0. The van der Waals surface area contributed by atoms with E-state index in [0.717, 1.165) is 0 Å². The van der Waals surface area contributed by atoms with Gasteiger partial charge in [-0.05, 0) is 30.4 Å². The van der Waals surface area contributed by atoms with Gasteiger partial charge in [-0.2, -0.15) is 0 Å². The Morgan fingerprint density at radius 2 is 2.17 bits per heavy atom. The zero-order valence-electron chi connectivity index (χ0n) is 6.99. The fraction of sp³-hybridized carbons (Fsp3) is 0.455. The van der Waals surface area contributed by atoms with Crippen molar-refractivity contribution in [2.45, 2.75) is 31.5 Å². The molecule has 12 heavy (non-hydrogen) atoms. The second kappa shape index (κ2) is 2.33. The molecule has 1 heterocycles. The molecule has 1 aromatic rings. The zero-order valence-corrected chi connectivity index (χ0v) is 6.99. The van der Waals surface area contributed by atoms with Gasteiger partial charge >= 0.3 is 0 Å². The Hall–Kier alpha value is -0.820. The zero-order chi connectivity index (χ0) is 7.97. The average Bonchev–Trinajstić information content (AvgIpc) is 2.82. The van der Waals surface area contributed by atoms with E-state index < -0.39 is 0 Å². The van der Waals surface area contributed by atoms with Crippen molar-refractivity contribution >= 4 is 0 Å². The van der Waals surface area contributed by atoms with Crippen LogP contribution in [-0.4, -0.2) is 6.10 Å². The van der Waals surface area contributed by atoms with Crippen molar-refractivity contribution in [2.75, 3.05) is 0 Å². The number of ether oxygens (including phenoxy) is 1. The van der Waals surface area contributed by atoms with Crippen molar-refractivity contribution in [3.8, 4) is 0 Å². The molecule has 0 spiro atoms. The molecule has 3 rings (SSSR count). The Bertz CT molecular complexity index is 306. The highest BCUT2D eigenvalue weighted by Crippen LogP contribution is 2.45. The van der Waals surface area contributed by atoms with Crippen LogP contribution in [-0.2, 0) is 11.2 Å². The number of aryl methyl sites for hydroxylation is 1. The molecular formula is C11H12O. The molecule has 0 bridgehead atoms. The molecule has 1 saturated heterocycles. The Kier molecular flexibility index (Phi) is 1.30. The first-order valence-electron chi connectivity index (χ1n) is 4.68. The van der Waals surface area contributed by atoms with Gasteiger partial charge in [-0.3, -0.25) is 0 Å². The van der Waals surface area contributed by atoms with Gasteiger partial charge in [-0.15, -0.1) is 0 Å². The molecule has 1 heteroatoms. The summed E-state index contributed by atoms with van der Waals surface area (Å²) >= 11 is 0. The summed E-state index contributed by atoms with van der Waals surface area (Å²) in [6.45, 7) is 0. The Labute approximate surface area is 72.4 Å². The van der Waals surface area contributed by atoms with E-state index in [2.05, 4.69) is 24.3 Å². The van der Waals surface area contributed by atoms with E-state index in [-0.39, 0.29) is 0 Å². The van der Waals surface area contributed by atoms with Crippen LogP contribution in [0.1, 0.15) is 30.1 Å². The molecule has 0 amide bonds. The van der Waals surface area contributed by atoms with Crippen LogP contribution in [0.25, 0.3) is 0 Å². The van der Waals surface area contributed by atoms with Gasteiger partial charge in [0.15, 0.2) is 0 Å². The summed E-state index contributed by atoms with van der Waals surface area (Å²) < 4.78 is 5.58. The number of epoxide rings is 1. The lowest BCUT2D eigenvalue weighted by Gasteiger charge is -2.03. The molecule has 0 saturated carbocycles. The molecule has 1 aliphatic heterocycles. The smallest absolute Gasteiger partial charge is 0.109 e. The summed E-state index contributed by atoms with van der Waals surface area (Å²) in [5.74, 6) is 0. The van der Waals surface area contributed by atoms with E-state index in [1.807, 2.05) is 0 Å². The van der Waals surface area contributed by atoms with E-state index >= 15 is 0 Å². The van der Waals surface area contributed by atoms with Crippen LogP contribution in [0.15, 0.2) is 24.3 Å². The maximum atomic E-state index is 5.58. The van der Waals surface area contributed by atoms with Crippen LogP contribution < -0.4 is 0 Å². The van der Waals surface area contributed by atoms with Crippen LogP contribution in [0.5, 0.6) is 0 Å². The monoisotopic (exact) mass is 160 g/mol. The Balaban J connectivity index is 2.08. The summed E-state index contributed by atoms with van der Waals surface area (Å²) in [5.41, 5.74) is 2.95. The van der Waals surface area contributed by atoms with Gasteiger partial charge in [0, 0.05) is 0 Å². The molecule has 0 N–H and O–H groups in total. The molecule has 1 fully saturated rings. The molecule has 0 aromatic heterocycles. The predicted octanol–water partition coefficient (Wildman–Crippen LogP) is 2.46. The van der Waals surface area contributed by atoms with Gasteiger partial charge in [0.05, 0.1) is 6.10 Å². The number of hydrogen-bond donors (Lipinski definition) is 0. The number of hydrogen-bond acceptors (Lipinski definition) is 1. The third-order valence-electron chi connectivity index (χ3n) is 2.88. The molecule has 0 radical (unpaired) electrons. The fourth-order valence-corrected chi connectivity index (χ4v) is 2.17. The van der Waals surface area contributed by atoms with E-state index in [4.69, 9.17) is 4.74 Å². The fourth-order valence-electron chi connectivity index (χ4n) is 2.17. The summed E-state index contributed by atoms with van der Waals surface area (Å²) in [6.07, 6.45) is 4.78. The van der Waals surface area contributed by atoms with Crippen molar-refractivity contribution < 1.29 is 4.74 Å². The lowest BCUT2D eigenvalue weighted by molar-refractivity contribution is 0.357. The van der Waals surface area contributed by atoms with Gasteiger partial charge in [0.25, 0.3) is 0 Å². The quantitative estimate of drug-likeness (QED) is 0.531. The minimum absolute atomic E-state index is 0.448. The van der Waals surface area contributed by atoms with Crippen molar-refractivity contribution in [2.24, 2.45) is 0 Å². The highest BCUT2D eigenvalue weighted by Gasteiger charge is 2.41. The molecule has 1 aliphatic carbocycles. The molecule has 0 unspecified atom stereocenters. The molecular weight excluding hydrogens is 148 g/mol. The Morgan fingerprint density at radius 3 is 3.17 bits per heavy atom. The van der Waals surface area contributed by atoms with Gasteiger partial charge in [-0.25, -0.2) is 0 Å². The highest BCUT2D eigenvalue weighted by molar-refractivity contribution is 5.33. The summed E-state index contributed by atoms with van der Waals surface area (Å²) in [7, 11) is 0. The van der Waals surface area contributed by atoms with E-state index in [9.17, 15) is 0 Å². The van der Waals surface area contributed by atoms with Crippen LogP contribution >= 0.6 is 0 Å². The van der Waals surface area contributed by atoms with E-state index in [1.165, 1.54) is 30.4 Å². The number of fused-ring (bicyclic) bond motifs is 3. The average molecular weight is 160 g/mol. The number of benzene rings is 1. The van der Waals surface area contributed by atoms with Crippen LogP contribution in [0.3, 0.4) is 0 Å². The van der Waals surface area contributed by atoms with Crippen molar-refractivity contribution in [3.05, 3.63) is 35.4 Å².